The molecule has 1 fully saturated rings. The standard InChI is InChI=1S/C11H12Cl2O2/c12-7-1-2-9(10(13)5-7)11-6-8(14)3-4-15-11/h1-2,5,8,11,14H,3-4,6H2. The predicted molar refractivity (Wildman–Crippen MR) is 60.4 cm³/mol. The maximum Gasteiger partial charge on any atom is 0.0863 e. The van der Waals surface area contributed by atoms with Gasteiger partial charge in [0, 0.05) is 23.1 Å². The zero-order valence-corrected chi connectivity index (χ0v) is 9.63. The van der Waals surface area contributed by atoms with E-state index < -0.39 is 0 Å². The molecule has 0 spiro atoms. The van der Waals surface area contributed by atoms with E-state index in [2.05, 4.69) is 0 Å². The molecule has 4 heteroatoms. The molecule has 1 aliphatic rings. The van der Waals surface area contributed by atoms with E-state index in [9.17, 15) is 5.11 Å². The molecule has 1 aliphatic heterocycles. The van der Waals surface area contributed by atoms with Crippen molar-refractivity contribution in [1.82, 2.24) is 0 Å². The Hall–Kier alpha value is -0.280. The van der Waals surface area contributed by atoms with Crippen LogP contribution in [0.4, 0.5) is 0 Å². The summed E-state index contributed by atoms with van der Waals surface area (Å²) in [5.74, 6) is 0. The van der Waals surface area contributed by atoms with Gasteiger partial charge in [0.2, 0.25) is 0 Å². The van der Waals surface area contributed by atoms with Crippen molar-refractivity contribution in [3.8, 4) is 0 Å². The minimum absolute atomic E-state index is 0.112. The van der Waals surface area contributed by atoms with Crippen LogP contribution in [0.15, 0.2) is 18.2 Å². The maximum absolute atomic E-state index is 9.54. The number of rotatable bonds is 1. The molecule has 2 rings (SSSR count). The van der Waals surface area contributed by atoms with Crippen LogP contribution in [0.1, 0.15) is 24.5 Å². The molecule has 0 aliphatic carbocycles. The Labute approximate surface area is 98.8 Å². The first-order valence-electron chi connectivity index (χ1n) is 4.91. The molecule has 1 saturated heterocycles. The van der Waals surface area contributed by atoms with Crippen LogP contribution in [-0.2, 0) is 4.74 Å². The van der Waals surface area contributed by atoms with E-state index >= 15 is 0 Å². The zero-order chi connectivity index (χ0) is 10.8. The molecule has 1 aromatic rings. The minimum Gasteiger partial charge on any atom is -0.393 e. The van der Waals surface area contributed by atoms with Crippen LogP contribution in [-0.4, -0.2) is 17.8 Å². The number of aliphatic hydroxyl groups is 1. The second kappa shape index (κ2) is 4.71. The second-order valence-electron chi connectivity index (χ2n) is 3.70. The molecule has 0 bridgehead atoms. The first-order chi connectivity index (χ1) is 7.16. The van der Waals surface area contributed by atoms with E-state index in [-0.39, 0.29) is 12.2 Å². The van der Waals surface area contributed by atoms with Crippen LogP contribution in [0.3, 0.4) is 0 Å². The van der Waals surface area contributed by atoms with Gasteiger partial charge in [-0.1, -0.05) is 29.3 Å². The fourth-order valence-electron chi connectivity index (χ4n) is 1.76. The topological polar surface area (TPSA) is 29.5 Å². The van der Waals surface area contributed by atoms with Gasteiger partial charge in [-0.25, -0.2) is 0 Å². The van der Waals surface area contributed by atoms with Gasteiger partial charge in [0.05, 0.1) is 12.2 Å². The third kappa shape index (κ3) is 2.64. The molecule has 1 heterocycles. The number of ether oxygens (including phenoxy) is 1. The van der Waals surface area contributed by atoms with Crippen molar-refractivity contribution in [1.29, 1.82) is 0 Å². The van der Waals surface area contributed by atoms with Crippen molar-refractivity contribution in [3.05, 3.63) is 33.8 Å². The molecule has 2 unspecified atom stereocenters. The van der Waals surface area contributed by atoms with Gasteiger partial charge in [-0.15, -0.1) is 0 Å². The second-order valence-corrected chi connectivity index (χ2v) is 4.55. The summed E-state index contributed by atoms with van der Waals surface area (Å²) in [4.78, 5) is 0. The molecule has 15 heavy (non-hydrogen) atoms. The van der Waals surface area contributed by atoms with Gasteiger partial charge in [0.1, 0.15) is 0 Å². The average Bonchev–Trinajstić information content (AvgIpc) is 2.17. The Balaban J connectivity index is 2.21. The number of benzene rings is 1. The lowest BCUT2D eigenvalue weighted by atomic mass is 9.99. The number of halogens is 2. The van der Waals surface area contributed by atoms with E-state index in [0.29, 0.717) is 29.5 Å². The summed E-state index contributed by atoms with van der Waals surface area (Å²) in [7, 11) is 0. The maximum atomic E-state index is 9.54. The van der Waals surface area contributed by atoms with Crippen molar-refractivity contribution in [2.24, 2.45) is 0 Å². The van der Waals surface area contributed by atoms with Crippen molar-refractivity contribution in [3.63, 3.8) is 0 Å². The van der Waals surface area contributed by atoms with Gasteiger partial charge in [-0.2, -0.15) is 0 Å². The Kier molecular flexibility index (Phi) is 3.52. The molecular weight excluding hydrogens is 235 g/mol. The molecule has 0 radical (unpaired) electrons. The summed E-state index contributed by atoms with van der Waals surface area (Å²) in [5, 5.41) is 10.7. The number of hydrogen-bond donors (Lipinski definition) is 1. The lowest BCUT2D eigenvalue weighted by molar-refractivity contribution is -0.0447. The van der Waals surface area contributed by atoms with Gasteiger partial charge < -0.3 is 9.84 Å². The van der Waals surface area contributed by atoms with Crippen molar-refractivity contribution in [2.45, 2.75) is 25.0 Å². The van der Waals surface area contributed by atoms with Crippen LogP contribution in [0.2, 0.25) is 10.0 Å². The van der Waals surface area contributed by atoms with Gasteiger partial charge in [0.25, 0.3) is 0 Å². The summed E-state index contributed by atoms with van der Waals surface area (Å²) < 4.78 is 5.57. The smallest absolute Gasteiger partial charge is 0.0863 e. The van der Waals surface area contributed by atoms with Crippen LogP contribution in [0.5, 0.6) is 0 Å². The molecular formula is C11H12Cl2O2. The molecule has 82 valence electrons. The predicted octanol–water partition coefficient (Wildman–Crippen LogP) is 3.21. The van der Waals surface area contributed by atoms with Crippen molar-refractivity contribution >= 4 is 23.2 Å². The highest BCUT2D eigenvalue weighted by atomic mass is 35.5. The first-order valence-corrected chi connectivity index (χ1v) is 5.67. The zero-order valence-electron chi connectivity index (χ0n) is 8.12. The molecule has 1 aromatic carbocycles. The molecule has 2 atom stereocenters. The highest BCUT2D eigenvalue weighted by Crippen LogP contribution is 2.33. The van der Waals surface area contributed by atoms with E-state index in [0.717, 1.165) is 5.56 Å². The highest BCUT2D eigenvalue weighted by Gasteiger charge is 2.23. The summed E-state index contributed by atoms with van der Waals surface area (Å²) in [6.07, 6.45) is 0.886. The van der Waals surface area contributed by atoms with E-state index in [1.165, 1.54) is 0 Å². The SMILES string of the molecule is OC1CCOC(c2ccc(Cl)cc2Cl)C1. The molecule has 2 nitrogen and oxygen atoms in total. The first kappa shape index (κ1) is 11.2. The van der Waals surface area contributed by atoms with Gasteiger partial charge in [-0.3, -0.25) is 0 Å². The molecule has 0 saturated carbocycles. The van der Waals surface area contributed by atoms with Crippen LogP contribution in [0.25, 0.3) is 0 Å². The van der Waals surface area contributed by atoms with E-state index in [1.54, 1.807) is 12.1 Å². The quantitative estimate of drug-likeness (QED) is 0.825. The van der Waals surface area contributed by atoms with Gasteiger partial charge in [0.15, 0.2) is 0 Å². The van der Waals surface area contributed by atoms with Crippen LogP contribution in [0, 0.1) is 0 Å². The van der Waals surface area contributed by atoms with Gasteiger partial charge in [-0.05, 0) is 24.1 Å². The Morgan fingerprint density at radius 2 is 2.13 bits per heavy atom. The van der Waals surface area contributed by atoms with E-state index in [1.807, 2.05) is 6.07 Å². The lowest BCUT2D eigenvalue weighted by Crippen LogP contribution is -2.23. The van der Waals surface area contributed by atoms with Crippen LogP contribution < -0.4 is 0 Å². The third-order valence-electron chi connectivity index (χ3n) is 2.57. The summed E-state index contributed by atoms with van der Waals surface area (Å²) in [6.45, 7) is 0.574. The monoisotopic (exact) mass is 246 g/mol. The molecule has 1 N–H and O–H groups in total. The largest absolute Gasteiger partial charge is 0.393 e. The van der Waals surface area contributed by atoms with Crippen molar-refractivity contribution < 1.29 is 9.84 Å². The van der Waals surface area contributed by atoms with Crippen LogP contribution >= 0.6 is 23.2 Å². The lowest BCUT2D eigenvalue weighted by Gasteiger charge is -2.27. The minimum atomic E-state index is -0.296. The van der Waals surface area contributed by atoms with Gasteiger partial charge >= 0.3 is 0 Å². The molecule has 0 aromatic heterocycles. The Morgan fingerprint density at radius 1 is 1.33 bits per heavy atom. The fraction of sp³-hybridized carbons (Fsp3) is 0.455. The number of aliphatic hydroxyl groups excluding tert-OH is 1. The summed E-state index contributed by atoms with van der Waals surface area (Å²) in [6, 6.07) is 5.34. The fourth-order valence-corrected chi connectivity index (χ4v) is 2.29. The van der Waals surface area contributed by atoms with Crippen molar-refractivity contribution in [2.75, 3.05) is 6.61 Å². The summed E-state index contributed by atoms with van der Waals surface area (Å²) >= 11 is 11.9. The average molecular weight is 247 g/mol. The number of hydrogen-bond acceptors (Lipinski definition) is 2. The Morgan fingerprint density at radius 3 is 2.80 bits per heavy atom. The molecule has 0 amide bonds. The Bertz CT molecular complexity index is 354. The summed E-state index contributed by atoms with van der Waals surface area (Å²) in [5.41, 5.74) is 0.903. The normalized spacial score (nSPS) is 26.6. The third-order valence-corrected chi connectivity index (χ3v) is 3.13. The highest BCUT2D eigenvalue weighted by molar-refractivity contribution is 6.35. The van der Waals surface area contributed by atoms with E-state index in [4.69, 9.17) is 27.9 Å².